The van der Waals surface area contributed by atoms with Gasteiger partial charge in [0.25, 0.3) is 0 Å². The summed E-state index contributed by atoms with van der Waals surface area (Å²) in [5.74, 6) is 1.97. The summed E-state index contributed by atoms with van der Waals surface area (Å²) < 4.78 is 5.08. The van der Waals surface area contributed by atoms with Gasteiger partial charge in [0.15, 0.2) is 5.82 Å². The van der Waals surface area contributed by atoms with Crippen LogP contribution in [-0.2, 0) is 11.3 Å². The summed E-state index contributed by atoms with van der Waals surface area (Å²) in [6, 6.07) is 0. The standard InChI is InChI=1S/C9H17N3OS/c1-6(2)14-5-7-11-8(12-13-7)9(3,4)10/h6H,5,10H2,1-4H3. The average Bonchev–Trinajstić information content (AvgIpc) is 2.47. The number of nitrogens with zero attached hydrogens (tertiary/aromatic N) is 2. The summed E-state index contributed by atoms with van der Waals surface area (Å²) in [6.07, 6.45) is 0. The van der Waals surface area contributed by atoms with E-state index in [-0.39, 0.29) is 0 Å². The summed E-state index contributed by atoms with van der Waals surface area (Å²) in [5.41, 5.74) is 5.31. The maximum absolute atomic E-state index is 5.83. The van der Waals surface area contributed by atoms with Crippen molar-refractivity contribution in [3.05, 3.63) is 11.7 Å². The van der Waals surface area contributed by atoms with E-state index in [9.17, 15) is 0 Å². The Balaban J connectivity index is 2.60. The van der Waals surface area contributed by atoms with Gasteiger partial charge in [-0.25, -0.2) is 0 Å². The zero-order chi connectivity index (χ0) is 10.8. The highest BCUT2D eigenvalue weighted by atomic mass is 32.2. The third-order valence-electron chi connectivity index (χ3n) is 1.58. The van der Waals surface area contributed by atoms with Crippen LogP contribution in [0, 0.1) is 0 Å². The van der Waals surface area contributed by atoms with E-state index in [0.29, 0.717) is 17.0 Å². The third kappa shape index (κ3) is 3.31. The topological polar surface area (TPSA) is 64.9 Å². The van der Waals surface area contributed by atoms with Crippen LogP contribution in [0.15, 0.2) is 4.52 Å². The molecule has 0 saturated heterocycles. The molecule has 4 nitrogen and oxygen atoms in total. The Bertz CT molecular complexity index is 290. The smallest absolute Gasteiger partial charge is 0.236 e. The van der Waals surface area contributed by atoms with Gasteiger partial charge in [-0.1, -0.05) is 19.0 Å². The second-order valence-corrected chi connectivity index (χ2v) is 5.66. The molecule has 0 saturated carbocycles. The molecule has 0 fully saturated rings. The molecule has 14 heavy (non-hydrogen) atoms. The number of thioether (sulfide) groups is 1. The first-order chi connectivity index (χ1) is 6.39. The Morgan fingerprint density at radius 2 is 2.14 bits per heavy atom. The molecule has 0 aliphatic rings. The number of hydrogen-bond acceptors (Lipinski definition) is 5. The van der Waals surface area contributed by atoms with Gasteiger partial charge < -0.3 is 10.3 Å². The average molecular weight is 215 g/mol. The quantitative estimate of drug-likeness (QED) is 0.831. The molecule has 0 atom stereocenters. The molecular formula is C9H17N3OS. The molecule has 0 aliphatic carbocycles. The van der Waals surface area contributed by atoms with Gasteiger partial charge in [0.05, 0.1) is 11.3 Å². The number of nitrogens with two attached hydrogens (primary N) is 1. The molecule has 1 aromatic heterocycles. The summed E-state index contributed by atoms with van der Waals surface area (Å²) in [6.45, 7) is 7.98. The van der Waals surface area contributed by atoms with E-state index in [0.717, 1.165) is 5.75 Å². The molecule has 2 N–H and O–H groups in total. The molecule has 0 spiro atoms. The SMILES string of the molecule is CC(C)SCc1nc(C(C)(C)N)no1. The Labute approximate surface area is 88.6 Å². The van der Waals surface area contributed by atoms with Crippen molar-refractivity contribution in [2.24, 2.45) is 5.73 Å². The van der Waals surface area contributed by atoms with Gasteiger partial charge in [-0.2, -0.15) is 4.98 Å². The van der Waals surface area contributed by atoms with Gasteiger partial charge in [0.2, 0.25) is 5.89 Å². The van der Waals surface area contributed by atoms with Crippen LogP contribution in [0.5, 0.6) is 0 Å². The monoisotopic (exact) mass is 215 g/mol. The lowest BCUT2D eigenvalue weighted by Crippen LogP contribution is -2.30. The first-order valence-electron chi connectivity index (χ1n) is 4.63. The molecule has 5 heteroatoms. The van der Waals surface area contributed by atoms with Crippen molar-refractivity contribution >= 4 is 11.8 Å². The summed E-state index contributed by atoms with van der Waals surface area (Å²) in [4.78, 5) is 4.23. The van der Waals surface area contributed by atoms with Crippen LogP contribution in [-0.4, -0.2) is 15.4 Å². The lowest BCUT2D eigenvalue weighted by atomic mass is 10.1. The van der Waals surface area contributed by atoms with Crippen LogP contribution in [0.25, 0.3) is 0 Å². The molecular weight excluding hydrogens is 198 g/mol. The molecule has 1 aromatic rings. The minimum atomic E-state index is -0.524. The molecule has 80 valence electrons. The van der Waals surface area contributed by atoms with Crippen molar-refractivity contribution < 1.29 is 4.52 Å². The van der Waals surface area contributed by atoms with Gasteiger partial charge in [0.1, 0.15) is 0 Å². The fourth-order valence-electron chi connectivity index (χ4n) is 0.813. The maximum atomic E-state index is 5.83. The van der Waals surface area contributed by atoms with E-state index < -0.39 is 5.54 Å². The molecule has 0 bridgehead atoms. The minimum Gasteiger partial charge on any atom is -0.338 e. The second-order valence-electron chi connectivity index (χ2n) is 4.09. The van der Waals surface area contributed by atoms with E-state index >= 15 is 0 Å². The summed E-state index contributed by atoms with van der Waals surface area (Å²) >= 11 is 1.77. The number of rotatable bonds is 4. The second kappa shape index (κ2) is 4.31. The van der Waals surface area contributed by atoms with Crippen LogP contribution < -0.4 is 5.73 Å². The Kier molecular flexibility index (Phi) is 3.55. The van der Waals surface area contributed by atoms with Crippen LogP contribution in [0.2, 0.25) is 0 Å². The van der Waals surface area contributed by atoms with E-state index in [1.165, 1.54) is 0 Å². The Hall–Kier alpha value is -0.550. The maximum Gasteiger partial charge on any atom is 0.236 e. The molecule has 1 rings (SSSR count). The highest BCUT2D eigenvalue weighted by Crippen LogP contribution is 2.18. The van der Waals surface area contributed by atoms with Crippen molar-refractivity contribution in [2.45, 2.75) is 44.2 Å². The van der Waals surface area contributed by atoms with Gasteiger partial charge in [0, 0.05) is 0 Å². The van der Waals surface area contributed by atoms with Gasteiger partial charge in [-0.15, -0.1) is 11.8 Å². The van der Waals surface area contributed by atoms with E-state index in [1.54, 1.807) is 11.8 Å². The molecule has 0 aromatic carbocycles. The van der Waals surface area contributed by atoms with Gasteiger partial charge in [-0.3, -0.25) is 0 Å². The van der Waals surface area contributed by atoms with Gasteiger partial charge >= 0.3 is 0 Å². The predicted molar refractivity (Wildman–Crippen MR) is 57.9 cm³/mol. The van der Waals surface area contributed by atoms with Crippen LogP contribution in [0.3, 0.4) is 0 Å². The number of hydrogen-bond donors (Lipinski definition) is 1. The van der Waals surface area contributed by atoms with Crippen molar-refractivity contribution in [3.63, 3.8) is 0 Å². The minimum absolute atomic E-state index is 0.524. The first-order valence-corrected chi connectivity index (χ1v) is 5.68. The molecule has 0 amide bonds. The molecule has 0 unspecified atom stereocenters. The van der Waals surface area contributed by atoms with Crippen molar-refractivity contribution in [3.8, 4) is 0 Å². The molecule has 0 aliphatic heterocycles. The zero-order valence-electron chi connectivity index (χ0n) is 9.07. The summed E-state index contributed by atoms with van der Waals surface area (Å²) in [5, 5.41) is 4.41. The fourth-order valence-corrected chi connectivity index (χ4v) is 1.41. The Morgan fingerprint density at radius 3 is 2.57 bits per heavy atom. The number of aromatic nitrogens is 2. The Morgan fingerprint density at radius 1 is 1.50 bits per heavy atom. The van der Waals surface area contributed by atoms with Crippen LogP contribution in [0.1, 0.15) is 39.4 Å². The van der Waals surface area contributed by atoms with E-state index in [1.807, 2.05) is 13.8 Å². The largest absolute Gasteiger partial charge is 0.338 e. The van der Waals surface area contributed by atoms with Crippen molar-refractivity contribution in [1.29, 1.82) is 0 Å². The fraction of sp³-hybridized carbons (Fsp3) is 0.778. The van der Waals surface area contributed by atoms with Crippen LogP contribution in [0.4, 0.5) is 0 Å². The van der Waals surface area contributed by atoms with Crippen LogP contribution >= 0.6 is 11.8 Å². The van der Waals surface area contributed by atoms with E-state index in [2.05, 4.69) is 24.0 Å². The molecule has 1 heterocycles. The summed E-state index contributed by atoms with van der Waals surface area (Å²) in [7, 11) is 0. The highest BCUT2D eigenvalue weighted by molar-refractivity contribution is 7.99. The first kappa shape index (κ1) is 11.5. The lowest BCUT2D eigenvalue weighted by molar-refractivity contribution is 0.369. The molecule has 0 radical (unpaired) electrons. The van der Waals surface area contributed by atoms with E-state index in [4.69, 9.17) is 10.3 Å². The van der Waals surface area contributed by atoms with Gasteiger partial charge in [-0.05, 0) is 19.1 Å². The normalized spacial score (nSPS) is 12.4. The predicted octanol–water partition coefficient (Wildman–Crippen LogP) is 1.91. The van der Waals surface area contributed by atoms with Crippen molar-refractivity contribution in [1.82, 2.24) is 10.1 Å². The lowest BCUT2D eigenvalue weighted by Gasteiger charge is -2.11. The zero-order valence-corrected chi connectivity index (χ0v) is 9.89. The highest BCUT2D eigenvalue weighted by Gasteiger charge is 2.21. The third-order valence-corrected chi connectivity index (χ3v) is 2.66. The van der Waals surface area contributed by atoms with Crippen molar-refractivity contribution in [2.75, 3.05) is 0 Å².